The van der Waals surface area contributed by atoms with E-state index in [4.69, 9.17) is 4.42 Å². The van der Waals surface area contributed by atoms with E-state index in [1.165, 1.54) is 24.3 Å². The van der Waals surface area contributed by atoms with Crippen molar-refractivity contribution in [2.45, 2.75) is 33.3 Å². The monoisotopic (exact) mass is 518 g/mol. The summed E-state index contributed by atoms with van der Waals surface area (Å²) in [5.41, 5.74) is 0.0182. The Bertz CT molecular complexity index is 835. The molecule has 9 heteroatoms. The summed E-state index contributed by atoms with van der Waals surface area (Å²) in [5, 5.41) is 19.5. The number of anilines is 1. The molecule has 1 atom stereocenters. The van der Waals surface area contributed by atoms with Crippen LogP contribution in [0.2, 0.25) is 0 Å². The van der Waals surface area contributed by atoms with Crippen molar-refractivity contribution in [2.24, 2.45) is 4.99 Å². The highest BCUT2D eigenvalue weighted by Crippen LogP contribution is 2.26. The number of carbonyl (C=O) groups is 1. The minimum Gasteiger partial charge on any atom is -0.466 e. The number of furan rings is 1. The smallest absolute Gasteiger partial charge is 0.246 e. The Hall–Kier alpha value is -2.14. The topological polar surface area (TPSA) is 98.9 Å². The van der Waals surface area contributed by atoms with Crippen LogP contribution in [0, 0.1) is 19.7 Å². The highest BCUT2D eigenvalue weighted by molar-refractivity contribution is 14.0. The second-order valence-corrected chi connectivity index (χ2v) is 6.70. The molecular formula is C20H28FIN4O3. The van der Waals surface area contributed by atoms with Crippen molar-refractivity contribution in [3.05, 3.63) is 53.2 Å². The van der Waals surface area contributed by atoms with E-state index in [-0.39, 0.29) is 48.8 Å². The van der Waals surface area contributed by atoms with Crippen LogP contribution in [0.15, 0.2) is 39.7 Å². The molecule has 1 amide bonds. The second kappa shape index (κ2) is 11.1. The summed E-state index contributed by atoms with van der Waals surface area (Å²) in [6.07, 6.45) is 0. The van der Waals surface area contributed by atoms with Crippen LogP contribution in [0.3, 0.4) is 0 Å². The fourth-order valence-electron chi connectivity index (χ4n) is 2.74. The first-order valence-corrected chi connectivity index (χ1v) is 9.08. The minimum atomic E-state index is -1.17. The summed E-state index contributed by atoms with van der Waals surface area (Å²) in [6.45, 7) is 7.86. The van der Waals surface area contributed by atoms with Gasteiger partial charge in [0.25, 0.3) is 0 Å². The largest absolute Gasteiger partial charge is 0.466 e. The summed E-state index contributed by atoms with van der Waals surface area (Å²) in [4.78, 5) is 16.3. The third-order valence-corrected chi connectivity index (χ3v) is 4.07. The molecule has 0 fully saturated rings. The molecule has 1 aromatic heterocycles. The van der Waals surface area contributed by atoms with Crippen molar-refractivity contribution in [1.82, 2.24) is 10.6 Å². The highest BCUT2D eigenvalue weighted by Gasteiger charge is 2.27. The van der Waals surface area contributed by atoms with Crippen LogP contribution in [0.4, 0.5) is 10.1 Å². The number of guanidine groups is 1. The maximum Gasteiger partial charge on any atom is 0.246 e. The molecule has 0 radical (unpaired) electrons. The molecule has 0 aliphatic carbocycles. The molecule has 2 rings (SSSR count). The number of hydrogen-bond acceptors (Lipinski definition) is 4. The van der Waals surface area contributed by atoms with Gasteiger partial charge in [-0.15, -0.1) is 24.0 Å². The van der Waals surface area contributed by atoms with Crippen molar-refractivity contribution < 1.29 is 18.7 Å². The number of rotatable bonds is 7. The Labute approximate surface area is 187 Å². The number of aryl methyl sites for hydroxylation is 2. The Morgan fingerprint density at radius 1 is 1.24 bits per heavy atom. The molecule has 0 aliphatic heterocycles. The lowest BCUT2D eigenvalue weighted by molar-refractivity contribution is -0.114. The Kier molecular flexibility index (Phi) is 9.57. The van der Waals surface area contributed by atoms with Crippen molar-refractivity contribution in [3.63, 3.8) is 0 Å². The third kappa shape index (κ3) is 7.65. The zero-order valence-corrected chi connectivity index (χ0v) is 19.3. The van der Waals surface area contributed by atoms with E-state index in [1.807, 2.05) is 13.8 Å². The standard InChI is InChI=1S/C20H27FN4O3.HI/c1-5-22-19(23-11-18(26)25-16-8-6-15(21)7-9-16)24-12-20(4,27)17-10-13(2)28-14(17)3;/h6-10,27H,5,11-12H2,1-4H3,(H,25,26)(H2,22,23,24);1H. The maximum absolute atomic E-state index is 12.9. The predicted molar refractivity (Wildman–Crippen MR) is 122 cm³/mol. The van der Waals surface area contributed by atoms with E-state index in [9.17, 15) is 14.3 Å². The number of nitrogens with one attached hydrogen (secondary N) is 3. The lowest BCUT2D eigenvalue weighted by Crippen LogP contribution is -2.45. The fraction of sp³-hybridized carbons (Fsp3) is 0.400. The molecule has 2 aromatic rings. The van der Waals surface area contributed by atoms with E-state index >= 15 is 0 Å². The summed E-state index contributed by atoms with van der Waals surface area (Å²) < 4.78 is 18.4. The quantitative estimate of drug-likeness (QED) is 0.257. The van der Waals surface area contributed by atoms with Gasteiger partial charge in [0.1, 0.15) is 29.5 Å². The van der Waals surface area contributed by atoms with Crippen LogP contribution in [-0.2, 0) is 10.4 Å². The zero-order valence-electron chi connectivity index (χ0n) is 17.0. The average Bonchev–Trinajstić information content (AvgIpc) is 2.98. The van der Waals surface area contributed by atoms with E-state index in [0.717, 1.165) is 5.76 Å². The van der Waals surface area contributed by atoms with Gasteiger partial charge in [-0.1, -0.05) is 0 Å². The molecule has 160 valence electrons. The molecule has 4 N–H and O–H groups in total. The van der Waals surface area contributed by atoms with Gasteiger partial charge < -0.3 is 25.5 Å². The van der Waals surface area contributed by atoms with E-state index in [1.54, 1.807) is 19.9 Å². The van der Waals surface area contributed by atoms with Gasteiger partial charge in [-0.2, -0.15) is 0 Å². The minimum absolute atomic E-state index is 0. The molecule has 1 unspecified atom stereocenters. The number of hydrogen-bond donors (Lipinski definition) is 4. The van der Waals surface area contributed by atoms with Crippen molar-refractivity contribution in [3.8, 4) is 0 Å². The number of aliphatic imine (C=N–C) groups is 1. The van der Waals surface area contributed by atoms with Gasteiger partial charge in [0.2, 0.25) is 5.91 Å². The Morgan fingerprint density at radius 2 is 1.90 bits per heavy atom. The van der Waals surface area contributed by atoms with Crippen LogP contribution in [0.25, 0.3) is 0 Å². The first-order chi connectivity index (χ1) is 13.2. The van der Waals surface area contributed by atoms with Crippen molar-refractivity contribution in [1.29, 1.82) is 0 Å². The lowest BCUT2D eigenvalue weighted by atomic mass is 9.96. The molecule has 1 heterocycles. The number of amides is 1. The summed E-state index contributed by atoms with van der Waals surface area (Å²) in [7, 11) is 0. The molecule has 7 nitrogen and oxygen atoms in total. The van der Waals surface area contributed by atoms with Gasteiger partial charge in [-0.05, 0) is 58.0 Å². The van der Waals surface area contributed by atoms with Crippen molar-refractivity contribution in [2.75, 3.05) is 25.0 Å². The SMILES string of the molecule is CCNC(=NCC(=O)Nc1ccc(F)cc1)NCC(C)(O)c1cc(C)oc1C.I. The van der Waals surface area contributed by atoms with Crippen LogP contribution >= 0.6 is 24.0 Å². The molecule has 1 aromatic carbocycles. The molecule has 0 aliphatic rings. The number of aliphatic hydroxyl groups is 1. The predicted octanol–water partition coefficient (Wildman–Crippen LogP) is 3.05. The second-order valence-electron chi connectivity index (χ2n) is 6.70. The van der Waals surface area contributed by atoms with E-state index < -0.39 is 5.60 Å². The van der Waals surface area contributed by atoms with Gasteiger partial charge in [0, 0.05) is 17.8 Å². The fourth-order valence-corrected chi connectivity index (χ4v) is 2.74. The van der Waals surface area contributed by atoms with Gasteiger partial charge in [0.15, 0.2) is 5.96 Å². The highest BCUT2D eigenvalue weighted by atomic mass is 127. The third-order valence-electron chi connectivity index (χ3n) is 4.07. The first-order valence-electron chi connectivity index (χ1n) is 9.08. The normalized spacial score (nSPS) is 13.2. The molecule has 0 saturated heterocycles. The average molecular weight is 518 g/mol. The van der Waals surface area contributed by atoms with Gasteiger partial charge in [0.05, 0.1) is 6.54 Å². The Balaban J connectivity index is 0.00000420. The van der Waals surface area contributed by atoms with E-state index in [2.05, 4.69) is 20.9 Å². The molecule has 0 bridgehead atoms. The number of carbonyl (C=O) groups excluding carboxylic acids is 1. The molecule has 29 heavy (non-hydrogen) atoms. The molecular weight excluding hydrogens is 490 g/mol. The van der Waals surface area contributed by atoms with Crippen LogP contribution in [0.1, 0.15) is 30.9 Å². The number of nitrogens with zero attached hydrogens (tertiary/aromatic N) is 1. The van der Waals surface area contributed by atoms with E-state index in [0.29, 0.717) is 29.5 Å². The summed E-state index contributed by atoms with van der Waals surface area (Å²) in [5.74, 6) is 1.08. The first kappa shape index (κ1) is 24.9. The number of benzene rings is 1. The number of halogens is 2. The lowest BCUT2D eigenvalue weighted by Gasteiger charge is -2.24. The zero-order chi connectivity index (χ0) is 20.7. The summed E-state index contributed by atoms with van der Waals surface area (Å²) >= 11 is 0. The summed E-state index contributed by atoms with van der Waals surface area (Å²) in [6, 6.07) is 7.30. The van der Waals surface area contributed by atoms with Crippen molar-refractivity contribution >= 4 is 41.5 Å². The van der Waals surface area contributed by atoms with Crippen LogP contribution in [-0.4, -0.2) is 36.6 Å². The Morgan fingerprint density at radius 3 is 2.45 bits per heavy atom. The van der Waals surface area contributed by atoms with Gasteiger partial charge >= 0.3 is 0 Å². The molecule has 0 spiro atoms. The molecule has 0 saturated carbocycles. The van der Waals surface area contributed by atoms with Crippen LogP contribution in [0.5, 0.6) is 0 Å². The maximum atomic E-state index is 12.9. The van der Waals surface area contributed by atoms with Gasteiger partial charge in [-0.25, -0.2) is 9.38 Å². The van der Waals surface area contributed by atoms with Gasteiger partial charge in [-0.3, -0.25) is 4.79 Å². The van der Waals surface area contributed by atoms with Crippen LogP contribution < -0.4 is 16.0 Å².